The molecule has 178 valence electrons. The largest absolute Gasteiger partial charge is 0.493 e. The Morgan fingerprint density at radius 2 is 1.88 bits per heavy atom. The molecule has 1 aliphatic rings. The van der Waals surface area contributed by atoms with Gasteiger partial charge in [0, 0.05) is 31.7 Å². The van der Waals surface area contributed by atoms with Crippen LogP contribution in [0.25, 0.3) is 10.2 Å². The van der Waals surface area contributed by atoms with Crippen LogP contribution < -0.4 is 14.4 Å². The molecule has 1 fully saturated rings. The summed E-state index contributed by atoms with van der Waals surface area (Å²) in [6.45, 7) is 6.65. The van der Waals surface area contributed by atoms with Crippen LogP contribution >= 0.6 is 23.7 Å². The molecule has 9 heteroatoms. The van der Waals surface area contributed by atoms with Crippen molar-refractivity contribution in [2.75, 3.05) is 58.5 Å². The number of hydrogen-bond donors (Lipinski definition) is 0. The highest BCUT2D eigenvalue weighted by molar-refractivity contribution is 7.22. The van der Waals surface area contributed by atoms with Crippen molar-refractivity contribution in [2.24, 2.45) is 0 Å². The first-order chi connectivity index (χ1) is 15.6. The van der Waals surface area contributed by atoms with E-state index in [4.69, 9.17) is 19.2 Å². The molecule has 2 heterocycles. The van der Waals surface area contributed by atoms with E-state index in [0.717, 1.165) is 49.5 Å². The second-order valence-corrected chi connectivity index (χ2v) is 8.64. The topological polar surface area (TPSA) is 64.1 Å². The van der Waals surface area contributed by atoms with Gasteiger partial charge < -0.3 is 14.2 Å². The molecule has 0 radical (unpaired) electrons. The summed E-state index contributed by atoms with van der Waals surface area (Å²) in [6.07, 6.45) is 0.967. The lowest BCUT2D eigenvalue weighted by atomic mass is 10.1. The first-order valence-electron chi connectivity index (χ1n) is 10.9. The molecule has 1 aliphatic heterocycles. The highest BCUT2D eigenvalue weighted by Crippen LogP contribution is 2.32. The fraction of sp³-hybridized carbons (Fsp3) is 0.417. The van der Waals surface area contributed by atoms with Gasteiger partial charge in [-0.25, -0.2) is 4.98 Å². The predicted molar refractivity (Wildman–Crippen MR) is 135 cm³/mol. The van der Waals surface area contributed by atoms with Gasteiger partial charge >= 0.3 is 0 Å². The molecule has 0 unspecified atom stereocenters. The lowest BCUT2D eigenvalue weighted by Crippen LogP contribution is -2.43. The van der Waals surface area contributed by atoms with Gasteiger partial charge in [-0.2, -0.15) is 0 Å². The zero-order chi connectivity index (χ0) is 22.5. The van der Waals surface area contributed by atoms with Crippen molar-refractivity contribution in [1.29, 1.82) is 0 Å². The van der Waals surface area contributed by atoms with Crippen LogP contribution in [0.15, 0.2) is 36.4 Å². The normalized spacial score (nSPS) is 14.0. The van der Waals surface area contributed by atoms with Gasteiger partial charge in [0.25, 0.3) is 5.91 Å². The van der Waals surface area contributed by atoms with Crippen LogP contribution in [0.5, 0.6) is 11.5 Å². The number of halogens is 1. The third-order valence-electron chi connectivity index (χ3n) is 5.70. The standard InChI is InChI=1S/C24H29N3O4S.ClH/c1-4-17-5-7-19-22(15-17)32-24(25-19)27(10-9-26-11-13-31-14-12-26)23(28)18-6-8-20(29-2)21(16-18)30-3;/h5-8,15-16H,4,9-14H2,1-3H3;1H. The molecule has 3 aromatic rings. The van der Waals surface area contributed by atoms with E-state index in [1.165, 1.54) is 5.56 Å². The van der Waals surface area contributed by atoms with E-state index >= 15 is 0 Å². The Hall–Kier alpha value is -2.39. The second-order valence-electron chi connectivity index (χ2n) is 7.63. The van der Waals surface area contributed by atoms with Crippen molar-refractivity contribution in [3.63, 3.8) is 0 Å². The highest BCUT2D eigenvalue weighted by Gasteiger charge is 2.24. The minimum Gasteiger partial charge on any atom is -0.493 e. The average Bonchev–Trinajstić information content (AvgIpc) is 3.27. The number of carbonyl (C=O) groups excluding carboxylic acids is 1. The van der Waals surface area contributed by atoms with Crippen molar-refractivity contribution in [3.05, 3.63) is 47.5 Å². The van der Waals surface area contributed by atoms with Gasteiger partial charge in [0.2, 0.25) is 0 Å². The Bertz CT molecular complexity index is 1080. The number of anilines is 1. The Morgan fingerprint density at radius 1 is 1.12 bits per heavy atom. The van der Waals surface area contributed by atoms with Crippen LogP contribution in [0.3, 0.4) is 0 Å². The number of hydrogen-bond acceptors (Lipinski definition) is 7. The number of benzene rings is 2. The third-order valence-corrected chi connectivity index (χ3v) is 6.74. The molecule has 0 N–H and O–H groups in total. The van der Waals surface area contributed by atoms with Crippen LogP contribution in [0.4, 0.5) is 5.13 Å². The van der Waals surface area contributed by atoms with Crippen LogP contribution in [-0.2, 0) is 11.2 Å². The SMILES string of the molecule is CCc1ccc2nc(N(CCN3CCOCC3)C(=O)c3ccc(OC)c(OC)c3)sc2c1.Cl. The molecule has 0 atom stereocenters. The Balaban J connectivity index is 0.00000306. The van der Waals surface area contributed by atoms with Crippen molar-refractivity contribution in [2.45, 2.75) is 13.3 Å². The fourth-order valence-corrected chi connectivity index (χ4v) is 4.82. The van der Waals surface area contributed by atoms with E-state index in [1.54, 1.807) is 48.7 Å². The van der Waals surface area contributed by atoms with Gasteiger partial charge in [0.1, 0.15) is 0 Å². The summed E-state index contributed by atoms with van der Waals surface area (Å²) in [4.78, 5) is 22.5. The third kappa shape index (κ3) is 5.76. The predicted octanol–water partition coefficient (Wildman–Crippen LogP) is 4.28. The molecule has 7 nitrogen and oxygen atoms in total. The van der Waals surface area contributed by atoms with Crippen LogP contribution in [0, 0.1) is 0 Å². The summed E-state index contributed by atoms with van der Waals surface area (Å²) in [6, 6.07) is 11.6. The average molecular weight is 492 g/mol. The monoisotopic (exact) mass is 491 g/mol. The van der Waals surface area contributed by atoms with E-state index < -0.39 is 0 Å². The number of amides is 1. The maximum atomic E-state index is 13.6. The summed E-state index contributed by atoms with van der Waals surface area (Å²) in [7, 11) is 3.15. The molecule has 0 bridgehead atoms. The Kier molecular flexibility index (Phi) is 8.91. The van der Waals surface area contributed by atoms with Gasteiger partial charge in [0.05, 0.1) is 37.6 Å². The van der Waals surface area contributed by atoms with E-state index in [2.05, 4.69) is 24.0 Å². The summed E-state index contributed by atoms with van der Waals surface area (Å²) in [5.41, 5.74) is 2.72. The molecule has 0 aliphatic carbocycles. The minimum atomic E-state index is -0.103. The van der Waals surface area contributed by atoms with Crippen molar-refractivity contribution < 1.29 is 19.0 Å². The van der Waals surface area contributed by atoms with E-state index in [-0.39, 0.29) is 18.3 Å². The van der Waals surface area contributed by atoms with Gasteiger partial charge in [-0.05, 0) is 42.3 Å². The van der Waals surface area contributed by atoms with Gasteiger partial charge in [0.15, 0.2) is 16.6 Å². The molecular weight excluding hydrogens is 462 g/mol. The minimum absolute atomic E-state index is 0. The number of ether oxygens (including phenoxy) is 3. The van der Waals surface area contributed by atoms with Gasteiger partial charge in [-0.3, -0.25) is 14.6 Å². The number of nitrogens with zero attached hydrogens (tertiary/aromatic N) is 3. The van der Waals surface area contributed by atoms with Crippen LogP contribution in [-0.4, -0.2) is 69.4 Å². The van der Waals surface area contributed by atoms with Gasteiger partial charge in [-0.1, -0.05) is 24.3 Å². The summed E-state index contributed by atoms with van der Waals surface area (Å²) in [5.74, 6) is 1.02. The Labute approximate surface area is 204 Å². The van der Waals surface area contributed by atoms with E-state index in [0.29, 0.717) is 28.7 Å². The summed E-state index contributed by atoms with van der Waals surface area (Å²) < 4.78 is 17.3. The lowest BCUT2D eigenvalue weighted by Gasteiger charge is -2.29. The zero-order valence-electron chi connectivity index (χ0n) is 19.2. The second kappa shape index (κ2) is 11.7. The van der Waals surface area contributed by atoms with E-state index in [1.807, 2.05) is 6.07 Å². The maximum absolute atomic E-state index is 13.6. The summed E-state index contributed by atoms with van der Waals surface area (Å²) >= 11 is 1.56. The number of thiazole rings is 1. The Morgan fingerprint density at radius 3 is 2.58 bits per heavy atom. The zero-order valence-corrected chi connectivity index (χ0v) is 20.8. The number of aromatic nitrogens is 1. The van der Waals surface area contributed by atoms with Crippen LogP contribution in [0.1, 0.15) is 22.8 Å². The number of carbonyl (C=O) groups is 1. The number of rotatable bonds is 8. The first-order valence-corrected chi connectivity index (χ1v) is 11.7. The molecule has 4 rings (SSSR count). The molecule has 0 saturated carbocycles. The van der Waals surface area contributed by atoms with Crippen molar-refractivity contribution in [3.8, 4) is 11.5 Å². The lowest BCUT2D eigenvalue weighted by molar-refractivity contribution is 0.0391. The fourth-order valence-electron chi connectivity index (χ4n) is 3.77. The van der Waals surface area contributed by atoms with Crippen LogP contribution in [0.2, 0.25) is 0 Å². The molecule has 1 aromatic heterocycles. The maximum Gasteiger partial charge on any atom is 0.260 e. The summed E-state index contributed by atoms with van der Waals surface area (Å²) in [5, 5.41) is 0.710. The van der Waals surface area contributed by atoms with E-state index in [9.17, 15) is 4.79 Å². The first kappa shape index (κ1) is 25.2. The molecule has 33 heavy (non-hydrogen) atoms. The number of methoxy groups -OCH3 is 2. The van der Waals surface area contributed by atoms with Gasteiger partial charge in [-0.15, -0.1) is 12.4 Å². The van der Waals surface area contributed by atoms with Crippen molar-refractivity contribution in [1.82, 2.24) is 9.88 Å². The molecular formula is C24H30ClN3O4S. The van der Waals surface area contributed by atoms with Crippen molar-refractivity contribution >= 4 is 45.0 Å². The highest BCUT2D eigenvalue weighted by atomic mass is 35.5. The quantitative estimate of drug-likeness (QED) is 0.468. The number of fused-ring (bicyclic) bond motifs is 1. The molecule has 0 spiro atoms. The number of morpholine rings is 1. The smallest absolute Gasteiger partial charge is 0.260 e. The molecule has 1 saturated heterocycles. The molecule has 2 aromatic carbocycles. The number of aryl methyl sites for hydroxylation is 1. The molecule has 1 amide bonds.